The van der Waals surface area contributed by atoms with E-state index in [2.05, 4.69) is 17.0 Å². The molecule has 1 aliphatic heterocycles. The third kappa shape index (κ3) is 3.14. The van der Waals surface area contributed by atoms with Gasteiger partial charge in [-0.2, -0.15) is 0 Å². The largest absolute Gasteiger partial charge is 0.389 e. The number of Topliss-reactive ketones (excluding diaryl/α,β-unsaturated/α-hetero) is 1. The zero-order chi connectivity index (χ0) is 12.1. The van der Waals surface area contributed by atoms with Crippen LogP contribution in [0.15, 0.2) is 30.3 Å². The Balaban J connectivity index is 2.04. The van der Waals surface area contributed by atoms with E-state index in [-0.39, 0.29) is 18.4 Å². The van der Waals surface area contributed by atoms with Crippen molar-refractivity contribution in [3.05, 3.63) is 35.9 Å². The van der Waals surface area contributed by atoms with Gasteiger partial charge in [-0.3, -0.25) is 9.69 Å². The van der Waals surface area contributed by atoms with Crippen LogP contribution in [-0.4, -0.2) is 35.0 Å². The van der Waals surface area contributed by atoms with Gasteiger partial charge in [0.15, 0.2) is 5.78 Å². The number of benzene rings is 1. The molecule has 0 aliphatic carbocycles. The average Bonchev–Trinajstić information content (AvgIpc) is 2.40. The fourth-order valence-electron chi connectivity index (χ4n) is 2.47. The highest BCUT2D eigenvalue weighted by Crippen LogP contribution is 2.20. The maximum atomic E-state index is 11.7. The average molecular weight is 233 g/mol. The van der Waals surface area contributed by atoms with Crippen molar-refractivity contribution in [2.75, 3.05) is 13.2 Å². The number of piperidine rings is 1. The van der Waals surface area contributed by atoms with Crippen LogP contribution >= 0.6 is 0 Å². The van der Waals surface area contributed by atoms with Gasteiger partial charge < -0.3 is 5.11 Å². The van der Waals surface area contributed by atoms with Crippen LogP contribution in [0.3, 0.4) is 0 Å². The third-order valence-electron chi connectivity index (χ3n) is 3.37. The summed E-state index contributed by atoms with van der Waals surface area (Å²) in [5.41, 5.74) is 1.23. The fraction of sp³-hybridized carbons (Fsp3) is 0.500. The van der Waals surface area contributed by atoms with Crippen molar-refractivity contribution in [1.29, 1.82) is 0 Å². The lowest BCUT2D eigenvalue weighted by atomic mass is 9.98. The number of aliphatic hydroxyl groups is 1. The molecule has 0 spiro atoms. The molecule has 1 aliphatic rings. The zero-order valence-electron chi connectivity index (χ0n) is 10.0. The third-order valence-corrected chi connectivity index (χ3v) is 3.37. The van der Waals surface area contributed by atoms with Crippen LogP contribution in [0.1, 0.15) is 24.8 Å². The van der Waals surface area contributed by atoms with Crippen LogP contribution in [-0.2, 0) is 11.3 Å². The van der Waals surface area contributed by atoms with E-state index in [1.807, 2.05) is 18.2 Å². The van der Waals surface area contributed by atoms with Crippen molar-refractivity contribution in [3.8, 4) is 0 Å². The van der Waals surface area contributed by atoms with Crippen molar-refractivity contribution >= 4 is 5.78 Å². The number of nitrogens with zero attached hydrogens (tertiary/aromatic N) is 1. The number of ketones is 1. The summed E-state index contributed by atoms with van der Waals surface area (Å²) in [4.78, 5) is 13.9. The molecule has 17 heavy (non-hydrogen) atoms. The van der Waals surface area contributed by atoms with Gasteiger partial charge in [-0.05, 0) is 24.9 Å². The molecule has 3 heteroatoms. The highest BCUT2D eigenvalue weighted by atomic mass is 16.3. The number of hydrogen-bond acceptors (Lipinski definition) is 3. The second kappa shape index (κ2) is 5.94. The summed E-state index contributed by atoms with van der Waals surface area (Å²) in [6, 6.07) is 10.1. The van der Waals surface area contributed by atoms with E-state index >= 15 is 0 Å². The van der Waals surface area contributed by atoms with Crippen molar-refractivity contribution in [3.63, 3.8) is 0 Å². The molecule has 1 aromatic rings. The Labute approximate surface area is 102 Å². The van der Waals surface area contributed by atoms with Crippen molar-refractivity contribution < 1.29 is 9.90 Å². The summed E-state index contributed by atoms with van der Waals surface area (Å²) in [7, 11) is 0. The summed E-state index contributed by atoms with van der Waals surface area (Å²) in [5, 5.41) is 8.99. The minimum atomic E-state index is -0.337. The van der Waals surface area contributed by atoms with Crippen molar-refractivity contribution in [1.82, 2.24) is 4.90 Å². The number of carbonyl (C=O) groups excluding carboxylic acids is 1. The van der Waals surface area contributed by atoms with E-state index in [4.69, 9.17) is 5.11 Å². The first-order chi connectivity index (χ1) is 8.31. The van der Waals surface area contributed by atoms with Crippen LogP contribution in [0.5, 0.6) is 0 Å². The van der Waals surface area contributed by atoms with Crippen molar-refractivity contribution in [2.45, 2.75) is 31.8 Å². The Kier molecular flexibility index (Phi) is 4.29. The first-order valence-electron chi connectivity index (χ1n) is 6.23. The summed E-state index contributed by atoms with van der Waals surface area (Å²) in [6.07, 6.45) is 3.11. The van der Waals surface area contributed by atoms with Gasteiger partial charge in [0.05, 0.1) is 6.04 Å². The Morgan fingerprint density at radius 2 is 2.06 bits per heavy atom. The van der Waals surface area contributed by atoms with Crippen LogP contribution in [0.25, 0.3) is 0 Å². The quantitative estimate of drug-likeness (QED) is 0.858. The van der Waals surface area contributed by atoms with Crippen LogP contribution in [0.2, 0.25) is 0 Å². The van der Waals surface area contributed by atoms with Gasteiger partial charge in [0.2, 0.25) is 0 Å². The number of likely N-dealkylation sites (tertiary alicyclic amines) is 1. The standard InChI is InChI=1S/C14H19NO2/c16-11-14(17)13-8-4-5-9-15(13)10-12-6-2-1-3-7-12/h1-3,6-7,13,16H,4-5,8-11H2. The molecule has 3 nitrogen and oxygen atoms in total. The lowest BCUT2D eigenvalue weighted by Crippen LogP contribution is -2.45. The minimum absolute atomic E-state index is 0.0411. The van der Waals surface area contributed by atoms with E-state index in [0.29, 0.717) is 0 Å². The maximum absolute atomic E-state index is 11.7. The zero-order valence-corrected chi connectivity index (χ0v) is 10.0. The van der Waals surface area contributed by atoms with Gasteiger partial charge in [0, 0.05) is 6.54 Å². The Morgan fingerprint density at radius 3 is 2.76 bits per heavy atom. The molecule has 0 amide bonds. The molecule has 0 aromatic heterocycles. The molecule has 0 saturated carbocycles. The summed E-state index contributed by atoms with van der Waals surface area (Å²) in [6.45, 7) is 1.42. The lowest BCUT2D eigenvalue weighted by molar-refractivity contribution is -0.128. The predicted molar refractivity (Wildman–Crippen MR) is 66.6 cm³/mol. The maximum Gasteiger partial charge on any atom is 0.175 e. The van der Waals surface area contributed by atoms with Gasteiger partial charge in [-0.25, -0.2) is 0 Å². The normalized spacial score (nSPS) is 21.4. The molecule has 1 fully saturated rings. The molecule has 1 heterocycles. The molecule has 1 aromatic carbocycles. The van der Waals surface area contributed by atoms with Gasteiger partial charge in [0.25, 0.3) is 0 Å². The minimum Gasteiger partial charge on any atom is -0.389 e. The van der Waals surface area contributed by atoms with Gasteiger partial charge in [-0.1, -0.05) is 36.8 Å². The van der Waals surface area contributed by atoms with Gasteiger partial charge in [-0.15, -0.1) is 0 Å². The van der Waals surface area contributed by atoms with E-state index in [9.17, 15) is 4.79 Å². The first kappa shape index (κ1) is 12.3. The highest BCUT2D eigenvalue weighted by Gasteiger charge is 2.27. The molecule has 1 unspecified atom stereocenters. The molecule has 2 rings (SSSR count). The summed E-state index contributed by atoms with van der Waals surface area (Å²) in [5.74, 6) is -0.0411. The number of hydrogen-bond donors (Lipinski definition) is 1. The molecule has 1 saturated heterocycles. The smallest absolute Gasteiger partial charge is 0.175 e. The molecule has 0 bridgehead atoms. The topological polar surface area (TPSA) is 40.5 Å². The van der Waals surface area contributed by atoms with E-state index in [1.54, 1.807) is 0 Å². The molecular weight excluding hydrogens is 214 g/mol. The SMILES string of the molecule is O=C(CO)C1CCCCN1Cc1ccccc1. The van der Waals surface area contributed by atoms with Crippen LogP contribution < -0.4 is 0 Å². The Hall–Kier alpha value is -1.19. The first-order valence-corrected chi connectivity index (χ1v) is 6.23. The molecular formula is C14H19NO2. The Bertz CT molecular complexity index is 364. The molecule has 0 radical (unpaired) electrons. The number of aliphatic hydroxyl groups excluding tert-OH is 1. The summed E-state index contributed by atoms with van der Waals surface area (Å²) >= 11 is 0. The molecule has 92 valence electrons. The lowest BCUT2D eigenvalue weighted by Gasteiger charge is -2.34. The second-order valence-electron chi connectivity index (χ2n) is 4.59. The van der Waals surface area contributed by atoms with Crippen LogP contribution in [0.4, 0.5) is 0 Å². The fourth-order valence-corrected chi connectivity index (χ4v) is 2.47. The van der Waals surface area contributed by atoms with Gasteiger partial charge in [0.1, 0.15) is 6.61 Å². The Morgan fingerprint density at radius 1 is 1.29 bits per heavy atom. The predicted octanol–water partition coefficient (Wildman–Crippen LogP) is 1.60. The molecule has 1 atom stereocenters. The highest BCUT2D eigenvalue weighted by molar-refractivity contribution is 5.85. The number of carbonyl (C=O) groups is 1. The van der Waals surface area contributed by atoms with E-state index in [0.717, 1.165) is 32.4 Å². The monoisotopic (exact) mass is 233 g/mol. The van der Waals surface area contributed by atoms with Crippen molar-refractivity contribution in [2.24, 2.45) is 0 Å². The number of rotatable bonds is 4. The van der Waals surface area contributed by atoms with E-state index in [1.165, 1.54) is 5.56 Å². The van der Waals surface area contributed by atoms with E-state index < -0.39 is 0 Å². The van der Waals surface area contributed by atoms with Gasteiger partial charge >= 0.3 is 0 Å². The molecule has 1 N–H and O–H groups in total. The summed E-state index contributed by atoms with van der Waals surface area (Å²) < 4.78 is 0. The van der Waals surface area contributed by atoms with Crippen LogP contribution in [0, 0.1) is 0 Å². The second-order valence-corrected chi connectivity index (χ2v) is 4.59.